The van der Waals surface area contributed by atoms with Crippen molar-refractivity contribution in [2.75, 3.05) is 12.8 Å². The van der Waals surface area contributed by atoms with Crippen molar-refractivity contribution in [1.29, 1.82) is 0 Å². The summed E-state index contributed by atoms with van der Waals surface area (Å²) in [5, 5.41) is 4.28. The molecule has 0 bridgehead atoms. The van der Waals surface area contributed by atoms with Crippen molar-refractivity contribution < 1.29 is 9.53 Å². The van der Waals surface area contributed by atoms with Crippen LogP contribution in [0, 0.1) is 0 Å². The first kappa shape index (κ1) is 15.8. The quantitative estimate of drug-likeness (QED) is 0.782. The normalized spacial score (nSPS) is 24.9. The molecular weight excluding hydrogens is 246 g/mol. The minimum atomic E-state index is -0.369. The number of ether oxygens (including phenoxy) is 1. The first-order valence-electron chi connectivity index (χ1n) is 6.89. The molecule has 0 aromatic carbocycles. The van der Waals surface area contributed by atoms with Gasteiger partial charge in [-0.2, -0.15) is 11.8 Å². The van der Waals surface area contributed by atoms with Gasteiger partial charge in [0.2, 0.25) is 0 Å². The third-order valence-corrected chi connectivity index (χ3v) is 4.24. The Hall–Kier alpha value is -0.220. The molecule has 0 amide bonds. The Labute approximate surface area is 115 Å². The highest BCUT2D eigenvalue weighted by Gasteiger charge is 2.21. The molecule has 0 saturated heterocycles. The molecule has 1 saturated carbocycles. The van der Waals surface area contributed by atoms with Crippen molar-refractivity contribution >= 4 is 17.7 Å². The van der Waals surface area contributed by atoms with Gasteiger partial charge < -0.3 is 10.1 Å². The van der Waals surface area contributed by atoms with E-state index in [9.17, 15) is 4.79 Å². The topological polar surface area (TPSA) is 38.3 Å². The number of hydrogen-bond acceptors (Lipinski definition) is 4. The molecule has 2 atom stereocenters. The Morgan fingerprint density at radius 2 is 2.11 bits per heavy atom. The highest BCUT2D eigenvalue weighted by molar-refractivity contribution is 7.99. The Bertz CT molecular complexity index is 263. The van der Waals surface area contributed by atoms with Gasteiger partial charge in [0.25, 0.3) is 0 Å². The Balaban J connectivity index is 2.15. The van der Waals surface area contributed by atoms with Crippen LogP contribution in [0.15, 0.2) is 0 Å². The fraction of sp³-hybridized carbons (Fsp3) is 0.929. The van der Waals surface area contributed by atoms with E-state index in [0.717, 1.165) is 11.8 Å². The minimum Gasteiger partial charge on any atom is -0.460 e. The molecule has 2 unspecified atom stereocenters. The molecular formula is C14H27NO2S. The lowest BCUT2D eigenvalue weighted by atomic mass is 9.95. The lowest BCUT2D eigenvalue weighted by Gasteiger charge is -2.28. The van der Waals surface area contributed by atoms with Crippen molar-refractivity contribution in [3.05, 3.63) is 0 Å². The summed E-state index contributed by atoms with van der Waals surface area (Å²) in [5.41, 5.74) is -0.369. The van der Waals surface area contributed by atoms with Gasteiger partial charge in [0.05, 0.1) is 6.42 Å². The summed E-state index contributed by atoms with van der Waals surface area (Å²) in [6, 6.07) is 0.582. The number of rotatable bonds is 5. The molecule has 1 N–H and O–H groups in total. The van der Waals surface area contributed by atoms with Crippen LogP contribution in [0.3, 0.4) is 0 Å². The zero-order valence-corrected chi connectivity index (χ0v) is 12.9. The predicted molar refractivity (Wildman–Crippen MR) is 78.0 cm³/mol. The molecule has 0 aromatic rings. The van der Waals surface area contributed by atoms with Crippen LogP contribution in [-0.2, 0) is 9.53 Å². The molecule has 4 heteroatoms. The van der Waals surface area contributed by atoms with Gasteiger partial charge in [-0.3, -0.25) is 4.79 Å². The highest BCUT2D eigenvalue weighted by Crippen LogP contribution is 2.26. The van der Waals surface area contributed by atoms with Crippen LogP contribution >= 0.6 is 11.8 Å². The zero-order chi connectivity index (χ0) is 13.6. The fourth-order valence-electron chi connectivity index (χ4n) is 2.32. The van der Waals surface area contributed by atoms with Crippen molar-refractivity contribution in [1.82, 2.24) is 5.32 Å². The lowest BCUT2D eigenvalue weighted by Crippen LogP contribution is -2.36. The first-order chi connectivity index (χ1) is 8.40. The molecule has 1 rings (SSSR count). The molecule has 1 aliphatic rings. The van der Waals surface area contributed by atoms with Crippen molar-refractivity contribution in [2.24, 2.45) is 0 Å². The van der Waals surface area contributed by atoms with Gasteiger partial charge in [-0.15, -0.1) is 0 Å². The minimum absolute atomic E-state index is 0.104. The number of thioether (sulfide) groups is 1. The summed E-state index contributed by atoms with van der Waals surface area (Å²) in [5.74, 6) is -0.104. The second kappa shape index (κ2) is 7.39. The molecule has 106 valence electrons. The molecule has 3 nitrogen and oxygen atoms in total. The second-order valence-corrected chi connectivity index (χ2v) is 7.15. The average Bonchev–Trinajstić information content (AvgIpc) is 2.27. The summed E-state index contributed by atoms with van der Waals surface area (Å²) >= 11 is 1.97. The predicted octanol–water partition coefficient (Wildman–Crippen LogP) is 2.98. The smallest absolute Gasteiger partial charge is 0.307 e. The maximum absolute atomic E-state index is 11.6. The van der Waals surface area contributed by atoms with Crippen molar-refractivity contribution in [3.8, 4) is 0 Å². The van der Waals surface area contributed by atoms with Crippen LogP contribution in [0.2, 0.25) is 0 Å². The van der Waals surface area contributed by atoms with Gasteiger partial charge in [0, 0.05) is 17.8 Å². The van der Waals surface area contributed by atoms with Crippen LogP contribution in [-0.4, -0.2) is 35.7 Å². The first-order valence-corrected chi connectivity index (χ1v) is 8.17. The third kappa shape index (κ3) is 6.64. The largest absolute Gasteiger partial charge is 0.460 e. The fourth-order valence-corrected chi connectivity index (χ4v) is 3.14. The van der Waals surface area contributed by atoms with E-state index in [4.69, 9.17) is 4.74 Å². The van der Waals surface area contributed by atoms with Gasteiger partial charge in [-0.05, 0) is 46.3 Å². The second-order valence-electron chi connectivity index (χ2n) is 6.01. The van der Waals surface area contributed by atoms with Crippen LogP contribution in [0.4, 0.5) is 0 Å². The Morgan fingerprint density at radius 3 is 2.72 bits per heavy atom. The summed E-state index contributed by atoms with van der Waals surface area (Å²) in [6.07, 6.45) is 7.77. The summed E-state index contributed by atoms with van der Waals surface area (Å²) in [7, 11) is 0. The maximum Gasteiger partial charge on any atom is 0.307 e. The molecule has 0 aliphatic heterocycles. The Kier molecular flexibility index (Phi) is 6.50. The number of esters is 1. The summed E-state index contributed by atoms with van der Waals surface area (Å²) in [6.45, 7) is 6.45. The highest BCUT2D eigenvalue weighted by atomic mass is 32.2. The van der Waals surface area contributed by atoms with E-state index in [-0.39, 0.29) is 11.6 Å². The summed E-state index contributed by atoms with van der Waals surface area (Å²) < 4.78 is 5.29. The average molecular weight is 273 g/mol. The van der Waals surface area contributed by atoms with E-state index in [1.165, 1.54) is 25.7 Å². The van der Waals surface area contributed by atoms with E-state index in [1.54, 1.807) is 0 Å². The maximum atomic E-state index is 11.6. The van der Waals surface area contributed by atoms with Gasteiger partial charge in [-0.25, -0.2) is 0 Å². The van der Waals surface area contributed by atoms with E-state index < -0.39 is 0 Å². The number of hydrogen-bond donors (Lipinski definition) is 1. The number of nitrogens with one attached hydrogen (secondary N) is 1. The van der Waals surface area contributed by atoms with Crippen molar-refractivity contribution in [3.63, 3.8) is 0 Å². The van der Waals surface area contributed by atoms with Crippen LogP contribution in [0.25, 0.3) is 0 Å². The van der Waals surface area contributed by atoms with E-state index >= 15 is 0 Å². The van der Waals surface area contributed by atoms with Gasteiger partial charge in [-0.1, -0.05) is 6.42 Å². The van der Waals surface area contributed by atoms with E-state index in [0.29, 0.717) is 12.5 Å². The molecule has 1 fully saturated rings. The third-order valence-electron chi connectivity index (χ3n) is 3.14. The SMILES string of the molecule is CSC1CCCC(NCCC(=O)OC(C)(C)C)C1. The van der Waals surface area contributed by atoms with E-state index in [2.05, 4.69) is 11.6 Å². The molecule has 1 aliphatic carbocycles. The zero-order valence-electron chi connectivity index (χ0n) is 12.1. The summed E-state index contributed by atoms with van der Waals surface area (Å²) in [4.78, 5) is 11.6. The molecule has 18 heavy (non-hydrogen) atoms. The number of carbonyl (C=O) groups excluding carboxylic acids is 1. The number of carbonyl (C=O) groups is 1. The Morgan fingerprint density at radius 1 is 1.39 bits per heavy atom. The van der Waals surface area contributed by atoms with Crippen LogP contribution in [0.5, 0.6) is 0 Å². The lowest BCUT2D eigenvalue weighted by molar-refractivity contribution is -0.154. The molecule has 0 heterocycles. The van der Waals surface area contributed by atoms with Gasteiger partial charge in [0.15, 0.2) is 0 Å². The van der Waals surface area contributed by atoms with Crippen molar-refractivity contribution in [2.45, 2.75) is 69.8 Å². The molecule has 0 radical (unpaired) electrons. The van der Waals surface area contributed by atoms with Crippen LogP contribution in [0.1, 0.15) is 52.9 Å². The molecule has 0 spiro atoms. The van der Waals surface area contributed by atoms with E-state index in [1.807, 2.05) is 32.5 Å². The standard InChI is InChI=1S/C14H27NO2S/c1-14(2,3)17-13(16)8-9-15-11-6-5-7-12(10-11)18-4/h11-12,15H,5-10H2,1-4H3. The van der Waals surface area contributed by atoms with Crippen LogP contribution < -0.4 is 5.32 Å². The molecule has 0 aromatic heterocycles. The van der Waals surface area contributed by atoms with Gasteiger partial charge in [0.1, 0.15) is 5.60 Å². The monoisotopic (exact) mass is 273 g/mol. The van der Waals surface area contributed by atoms with Gasteiger partial charge >= 0.3 is 5.97 Å².